The summed E-state index contributed by atoms with van der Waals surface area (Å²) >= 11 is 6.20. The van der Waals surface area contributed by atoms with Crippen molar-refractivity contribution >= 4 is 35.2 Å². The first-order valence-corrected chi connectivity index (χ1v) is 13.5. The fourth-order valence-corrected chi connectivity index (χ4v) is 5.01. The predicted octanol–water partition coefficient (Wildman–Crippen LogP) is 3.93. The minimum Gasteiger partial charge on any atom is -0.489 e. The highest BCUT2D eigenvalue weighted by molar-refractivity contribution is 6.32. The topological polar surface area (TPSA) is 113 Å². The van der Waals surface area contributed by atoms with Crippen LogP contribution < -0.4 is 10.1 Å². The first kappa shape index (κ1) is 30.2. The van der Waals surface area contributed by atoms with E-state index in [2.05, 4.69) is 15.4 Å². The minimum absolute atomic E-state index is 0.0648. The molecule has 1 aromatic carbocycles. The van der Waals surface area contributed by atoms with Crippen molar-refractivity contribution in [3.05, 3.63) is 59.4 Å². The molecule has 1 unspecified atom stereocenters. The van der Waals surface area contributed by atoms with Gasteiger partial charge in [-0.05, 0) is 45.0 Å². The minimum atomic E-state index is -2.78. The summed E-state index contributed by atoms with van der Waals surface area (Å²) in [4.78, 5) is 45.9. The van der Waals surface area contributed by atoms with Crippen LogP contribution in [0.2, 0.25) is 5.02 Å². The van der Waals surface area contributed by atoms with Crippen LogP contribution in [0.4, 0.5) is 13.6 Å². The van der Waals surface area contributed by atoms with Crippen LogP contribution >= 0.6 is 11.6 Å². The second kappa shape index (κ2) is 12.4. The largest absolute Gasteiger partial charge is 0.489 e. The van der Waals surface area contributed by atoms with E-state index in [-0.39, 0.29) is 32.5 Å². The first-order chi connectivity index (χ1) is 19.4. The zero-order chi connectivity index (χ0) is 29.8. The molecule has 2 atom stereocenters. The van der Waals surface area contributed by atoms with Gasteiger partial charge in [-0.25, -0.2) is 18.6 Å². The van der Waals surface area contributed by atoms with Crippen LogP contribution in [0.3, 0.4) is 0 Å². The van der Waals surface area contributed by atoms with E-state index in [4.69, 9.17) is 21.1 Å². The molecule has 3 amide bonds. The first-order valence-electron chi connectivity index (χ1n) is 13.1. The highest BCUT2D eigenvalue weighted by Crippen LogP contribution is 2.39. The Morgan fingerprint density at radius 3 is 2.56 bits per heavy atom. The number of hydrogen-bond donors (Lipinski definition) is 1. The van der Waals surface area contributed by atoms with Crippen LogP contribution in [0.15, 0.2) is 53.8 Å². The maximum absolute atomic E-state index is 13.9. The van der Waals surface area contributed by atoms with E-state index < -0.39 is 47.9 Å². The maximum Gasteiger partial charge on any atom is 0.408 e. The average molecular weight is 592 g/mol. The summed E-state index contributed by atoms with van der Waals surface area (Å²) in [6.45, 7) is 3.94. The normalized spacial score (nSPS) is 19.5. The number of ether oxygens (including phenoxy) is 2. The number of pyridine rings is 1. The number of carbonyl (C=O) groups is 3. The molecule has 41 heavy (non-hydrogen) atoms. The van der Waals surface area contributed by atoms with Crippen LogP contribution in [-0.4, -0.2) is 82.8 Å². The Morgan fingerprint density at radius 2 is 1.90 bits per heavy atom. The van der Waals surface area contributed by atoms with Gasteiger partial charge in [0.05, 0.1) is 10.7 Å². The number of nitrogens with one attached hydrogen (secondary N) is 1. The summed E-state index contributed by atoms with van der Waals surface area (Å²) < 4.78 is 37.7. The molecule has 10 nitrogen and oxygen atoms in total. The third kappa shape index (κ3) is 7.29. The molecule has 0 bridgehead atoms. The quantitative estimate of drug-likeness (QED) is 0.473. The lowest BCUT2D eigenvalue weighted by Gasteiger charge is -2.40. The van der Waals surface area contributed by atoms with E-state index in [1.165, 1.54) is 4.90 Å². The van der Waals surface area contributed by atoms with Crippen LogP contribution in [0, 0.1) is 5.41 Å². The number of amides is 3. The Hall–Kier alpha value is -3.80. The third-order valence-corrected chi connectivity index (χ3v) is 6.89. The smallest absolute Gasteiger partial charge is 0.408 e. The summed E-state index contributed by atoms with van der Waals surface area (Å²) in [5.74, 6) is -0.853. The van der Waals surface area contributed by atoms with Gasteiger partial charge >= 0.3 is 6.09 Å². The van der Waals surface area contributed by atoms with Gasteiger partial charge in [-0.2, -0.15) is 5.10 Å². The number of alkyl halides is 2. The number of hydrogen-bond acceptors (Lipinski definition) is 7. The number of benzene rings is 1. The summed E-state index contributed by atoms with van der Waals surface area (Å²) in [5.41, 5.74) is -1.24. The molecule has 2 aliphatic heterocycles. The Balaban J connectivity index is 1.60. The van der Waals surface area contributed by atoms with Crippen molar-refractivity contribution in [3.8, 4) is 5.75 Å². The highest BCUT2D eigenvalue weighted by atomic mass is 35.5. The van der Waals surface area contributed by atoms with Gasteiger partial charge in [0.1, 0.15) is 36.0 Å². The summed E-state index contributed by atoms with van der Waals surface area (Å²) in [5, 5.41) is 7.91. The van der Waals surface area contributed by atoms with Gasteiger partial charge in [0.15, 0.2) is 0 Å². The van der Waals surface area contributed by atoms with E-state index in [1.54, 1.807) is 69.4 Å². The number of piperidine rings is 1. The number of para-hydroxylation sites is 1. The molecule has 0 saturated carbocycles. The van der Waals surface area contributed by atoms with Gasteiger partial charge in [0.2, 0.25) is 5.91 Å². The van der Waals surface area contributed by atoms with Gasteiger partial charge in [-0.3, -0.25) is 14.6 Å². The molecule has 0 aliphatic carbocycles. The molecule has 1 aromatic heterocycles. The fraction of sp³-hybridized carbons (Fsp3) is 0.464. The summed E-state index contributed by atoms with van der Waals surface area (Å²) in [7, 11) is 0. The molecule has 2 aromatic rings. The standard InChI is InChI=1S/C28H32ClF2N5O5/c1-27(2,3)41-26(39)33-20(16-40-21-10-5-4-9-19(21)29)24(37)35-13-11-22-28(17-35,14-18-8-6-7-12-32-18)25(38)36(34-22)15-23(30)31/h4-10,12,20,23H,11,13-17H2,1-3H3,(H,33,39)/t20?,28-/m1/s1. The number of fused-ring (bicyclic) bond motifs is 1. The lowest BCUT2D eigenvalue weighted by Crippen LogP contribution is -2.60. The lowest BCUT2D eigenvalue weighted by atomic mass is 9.74. The molecule has 1 N–H and O–H groups in total. The number of aromatic nitrogens is 1. The molecule has 1 fully saturated rings. The van der Waals surface area contributed by atoms with Crippen LogP contribution in [0.5, 0.6) is 5.75 Å². The van der Waals surface area contributed by atoms with E-state index in [9.17, 15) is 23.2 Å². The van der Waals surface area contributed by atoms with Crippen molar-refractivity contribution in [1.29, 1.82) is 0 Å². The number of alkyl carbamates (subject to hydrolysis) is 1. The van der Waals surface area contributed by atoms with Crippen LogP contribution in [0.25, 0.3) is 0 Å². The van der Waals surface area contributed by atoms with E-state index in [0.717, 1.165) is 5.01 Å². The van der Waals surface area contributed by atoms with E-state index >= 15 is 0 Å². The summed E-state index contributed by atoms with van der Waals surface area (Å²) in [6, 6.07) is 10.7. The highest BCUT2D eigenvalue weighted by Gasteiger charge is 2.55. The van der Waals surface area contributed by atoms with Crippen molar-refractivity contribution in [2.75, 3.05) is 26.2 Å². The molecule has 0 spiro atoms. The van der Waals surface area contributed by atoms with Crippen LogP contribution in [0.1, 0.15) is 32.9 Å². The van der Waals surface area contributed by atoms with Gasteiger partial charge in [-0.15, -0.1) is 0 Å². The Labute approximate surface area is 241 Å². The monoisotopic (exact) mass is 591 g/mol. The lowest BCUT2D eigenvalue weighted by molar-refractivity contribution is -0.143. The van der Waals surface area contributed by atoms with Crippen molar-refractivity contribution in [2.45, 2.75) is 51.7 Å². The Bertz CT molecular complexity index is 1310. The van der Waals surface area contributed by atoms with Crippen LogP contribution in [-0.2, 0) is 20.7 Å². The van der Waals surface area contributed by atoms with Crippen molar-refractivity contribution < 1.29 is 32.6 Å². The second-order valence-corrected chi connectivity index (χ2v) is 11.3. The number of carbonyl (C=O) groups excluding carboxylic acids is 3. The Morgan fingerprint density at radius 1 is 1.17 bits per heavy atom. The van der Waals surface area contributed by atoms with Crippen molar-refractivity contribution in [1.82, 2.24) is 20.2 Å². The molecular weight excluding hydrogens is 560 g/mol. The number of rotatable bonds is 9. The number of halogens is 3. The molecular formula is C28H32ClF2N5O5. The fourth-order valence-electron chi connectivity index (χ4n) is 4.82. The SMILES string of the molecule is CC(C)(C)OC(=O)NC(COc1ccccc1Cl)C(=O)N1CCC2=NN(CC(F)F)C(=O)[C@]2(Cc2ccccn2)C1. The van der Waals surface area contributed by atoms with Gasteiger partial charge in [0, 0.05) is 37.8 Å². The van der Waals surface area contributed by atoms with Gasteiger partial charge < -0.3 is 19.7 Å². The molecule has 0 radical (unpaired) electrons. The number of likely N-dealkylation sites (tertiary alicyclic amines) is 1. The third-order valence-electron chi connectivity index (χ3n) is 6.58. The molecule has 2 aliphatic rings. The zero-order valence-corrected chi connectivity index (χ0v) is 23.7. The molecule has 3 heterocycles. The number of nitrogens with zero attached hydrogens (tertiary/aromatic N) is 4. The van der Waals surface area contributed by atoms with E-state index in [0.29, 0.717) is 22.2 Å². The summed E-state index contributed by atoms with van der Waals surface area (Å²) in [6.07, 6.45) is -1.81. The van der Waals surface area contributed by atoms with Gasteiger partial charge in [-0.1, -0.05) is 29.8 Å². The molecule has 220 valence electrons. The molecule has 13 heteroatoms. The average Bonchev–Trinajstić information content (AvgIpc) is 3.16. The second-order valence-electron chi connectivity index (χ2n) is 10.9. The van der Waals surface area contributed by atoms with E-state index in [1.807, 2.05) is 0 Å². The molecule has 1 saturated heterocycles. The zero-order valence-electron chi connectivity index (χ0n) is 23.0. The number of hydrazone groups is 1. The van der Waals surface area contributed by atoms with Crippen molar-refractivity contribution in [2.24, 2.45) is 10.5 Å². The predicted molar refractivity (Wildman–Crippen MR) is 147 cm³/mol. The van der Waals surface area contributed by atoms with Crippen molar-refractivity contribution in [3.63, 3.8) is 0 Å². The Kier molecular flexibility index (Phi) is 9.11. The maximum atomic E-state index is 13.9. The van der Waals surface area contributed by atoms with Gasteiger partial charge in [0.25, 0.3) is 12.3 Å². The molecule has 4 rings (SSSR count).